The standard InChI is InChI=1S/C32H36ClFN6O2/c1-38-10-12-39(13-11-38)9-4-14-42-32-36-30-26(31(37-32)40-18-21-7-8-22(19-40)35-21)17-27(33)28(29(30)34)25-16-23(41)15-20-5-2-3-6-24(20)25/h2-3,5-6,15-17,21-22,35,41H,4,7-14,18-19H2,1H3/t21-,22+. The van der Waals surface area contributed by atoms with Crippen LogP contribution in [0.1, 0.15) is 19.3 Å². The molecule has 42 heavy (non-hydrogen) atoms. The van der Waals surface area contributed by atoms with Gasteiger partial charge in [-0.3, -0.25) is 0 Å². The number of phenolic OH excluding ortho intramolecular Hbond substituents is 1. The van der Waals surface area contributed by atoms with Gasteiger partial charge in [0.05, 0.1) is 11.6 Å². The summed E-state index contributed by atoms with van der Waals surface area (Å²) in [6.45, 7) is 7.20. The molecule has 220 valence electrons. The number of ether oxygens (including phenoxy) is 1. The molecule has 2 bridgehead atoms. The van der Waals surface area contributed by atoms with E-state index in [1.165, 1.54) is 0 Å². The van der Waals surface area contributed by atoms with Gasteiger partial charge in [0.2, 0.25) is 0 Å². The van der Waals surface area contributed by atoms with Crippen molar-refractivity contribution in [2.75, 3.05) is 64.4 Å². The summed E-state index contributed by atoms with van der Waals surface area (Å²) < 4.78 is 22.8. The summed E-state index contributed by atoms with van der Waals surface area (Å²) in [5.74, 6) is 0.154. The maximum absolute atomic E-state index is 16.7. The molecule has 0 aliphatic carbocycles. The molecule has 0 unspecified atom stereocenters. The quantitative estimate of drug-likeness (QED) is 0.294. The van der Waals surface area contributed by atoms with Gasteiger partial charge in [-0.2, -0.15) is 9.97 Å². The molecule has 2 atom stereocenters. The molecule has 0 amide bonds. The second-order valence-corrected chi connectivity index (χ2v) is 12.3. The highest BCUT2D eigenvalue weighted by atomic mass is 35.5. The van der Waals surface area contributed by atoms with Gasteiger partial charge in [0.15, 0.2) is 5.82 Å². The number of aromatic hydroxyl groups is 1. The fourth-order valence-electron chi connectivity index (χ4n) is 6.71. The third-order valence-corrected chi connectivity index (χ3v) is 9.22. The number of fused-ring (bicyclic) bond motifs is 4. The van der Waals surface area contributed by atoms with Crippen molar-refractivity contribution in [3.63, 3.8) is 0 Å². The minimum absolute atomic E-state index is 0.0447. The number of aromatic nitrogens is 2. The maximum Gasteiger partial charge on any atom is 0.319 e. The molecule has 0 spiro atoms. The number of phenols is 1. The molecule has 7 rings (SSSR count). The van der Waals surface area contributed by atoms with Crippen molar-refractivity contribution >= 4 is 39.1 Å². The Kier molecular flexibility index (Phi) is 7.52. The number of hydrogen-bond donors (Lipinski definition) is 2. The van der Waals surface area contributed by atoms with Crippen LogP contribution in [0.15, 0.2) is 42.5 Å². The number of piperazine rings is 2. The molecule has 4 aromatic rings. The zero-order valence-electron chi connectivity index (χ0n) is 23.8. The predicted octanol–water partition coefficient (Wildman–Crippen LogP) is 4.91. The van der Waals surface area contributed by atoms with E-state index in [2.05, 4.69) is 32.0 Å². The number of likely N-dealkylation sites (N-methyl/N-ethyl adjacent to an activating group) is 1. The number of halogens is 2. The zero-order valence-corrected chi connectivity index (χ0v) is 24.6. The molecule has 0 saturated carbocycles. The molecule has 8 nitrogen and oxygen atoms in total. The van der Waals surface area contributed by atoms with E-state index in [-0.39, 0.29) is 27.9 Å². The summed E-state index contributed by atoms with van der Waals surface area (Å²) in [5.41, 5.74) is 0.902. The summed E-state index contributed by atoms with van der Waals surface area (Å²) in [6, 6.07) is 13.5. The topological polar surface area (TPSA) is 77.0 Å². The number of nitrogens with zero attached hydrogens (tertiary/aromatic N) is 5. The summed E-state index contributed by atoms with van der Waals surface area (Å²) in [7, 11) is 2.15. The predicted molar refractivity (Wildman–Crippen MR) is 165 cm³/mol. The Hall–Kier alpha value is -3.24. The molecule has 3 aliphatic heterocycles. The van der Waals surface area contributed by atoms with Crippen LogP contribution in [-0.4, -0.2) is 96.4 Å². The second-order valence-electron chi connectivity index (χ2n) is 11.9. The molecular weight excluding hydrogens is 555 g/mol. The average Bonchev–Trinajstić information content (AvgIpc) is 3.33. The van der Waals surface area contributed by atoms with Gasteiger partial charge in [-0.1, -0.05) is 35.9 Å². The molecule has 3 aliphatic rings. The van der Waals surface area contributed by atoms with Crippen LogP contribution >= 0.6 is 11.6 Å². The zero-order chi connectivity index (χ0) is 28.8. The van der Waals surface area contributed by atoms with Crippen LogP contribution in [0.25, 0.3) is 32.8 Å². The normalized spacial score (nSPS) is 21.5. The number of anilines is 1. The second kappa shape index (κ2) is 11.4. The first-order valence-corrected chi connectivity index (χ1v) is 15.3. The van der Waals surface area contributed by atoms with Crippen LogP contribution in [-0.2, 0) is 0 Å². The van der Waals surface area contributed by atoms with Gasteiger partial charge in [-0.05, 0) is 60.8 Å². The Labute approximate surface area is 250 Å². The minimum Gasteiger partial charge on any atom is -0.508 e. The van der Waals surface area contributed by atoms with Crippen molar-refractivity contribution in [2.24, 2.45) is 0 Å². The van der Waals surface area contributed by atoms with E-state index in [9.17, 15) is 5.11 Å². The van der Waals surface area contributed by atoms with Gasteiger partial charge in [-0.15, -0.1) is 0 Å². The van der Waals surface area contributed by atoms with Crippen LogP contribution in [0, 0.1) is 5.82 Å². The van der Waals surface area contributed by atoms with Crippen LogP contribution in [0.5, 0.6) is 11.8 Å². The molecule has 4 heterocycles. The highest BCUT2D eigenvalue weighted by molar-refractivity contribution is 6.35. The fourth-order valence-corrected chi connectivity index (χ4v) is 7.00. The molecular formula is C32H36ClFN6O2. The van der Waals surface area contributed by atoms with Gasteiger partial charge in [-0.25, -0.2) is 4.39 Å². The minimum atomic E-state index is -0.544. The Balaban J connectivity index is 1.27. The van der Waals surface area contributed by atoms with E-state index >= 15 is 4.39 Å². The smallest absolute Gasteiger partial charge is 0.319 e. The van der Waals surface area contributed by atoms with E-state index in [1.54, 1.807) is 18.2 Å². The van der Waals surface area contributed by atoms with E-state index in [0.29, 0.717) is 35.5 Å². The summed E-state index contributed by atoms with van der Waals surface area (Å²) in [6.07, 6.45) is 3.06. The van der Waals surface area contributed by atoms with E-state index in [1.807, 2.05) is 24.3 Å². The highest BCUT2D eigenvalue weighted by Crippen LogP contribution is 2.42. The number of benzene rings is 3. The van der Waals surface area contributed by atoms with Crippen molar-refractivity contribution in [3.8, 4) is 22.9 Å². The maximum atomic E-state index is 16.7. The van der Waals surface area contributed by atoms with Crippen molar-refractivity contribution in [3.05, 3.63) is 53.3 Å². The van der Waals surface area contributed by atoms with Crippen LogP contribution in [0.2, 0.25) is 5.02 Å². The lowest BCUT2D eigenvalue weighted by Gasteiger charge is -2.34. The fraction of sp³-hybridized carbons (Fsp3) is 0.438. The number of nitrogens with one attached hydrogen (secondary N) is 1. The molecule has 10 heteroatoms. The molecule has 0 radical (unpaired) electrons. The SMILES string of the molecule is CN1CCN(CCCOc2nc(N3C[C@H]4CC[C@@H](C3)N4)c3cc(Cl)c(-c4cc(O)cc5ccccc45)c(F)c3n2)CC1. The van der Waals surface area contributed by atoms with Gasteiger partial charge >= 0.3 is 6.01 Å². The van der Waals surface area contributed by atoms with Gasteiger partial charge in [0, 0.05) is 68.8 Å². The monoisotopic (exact) mass is 590 g/mol. The first-order valence-electron chi connectivity index (χ1n) is 14.9. The third kappa shape index (κ3) is 5.35. The lowest BCUT2D eigenvalue weighted by Crippen LogP contribution is -2.51. The van der Waals surface area contributed by atoms with Crippen molar-refractivity contribution in [1.82, 2.24) is 25.1 Å². The Bertz CT molecular complexity index is 1620. The summed E-state index contributed by atoms with van der Waals surface area (Å²) in [4.78, 5) is 16.5. The Morgan fingerprint density at radius 1 is 1.02 bits per heavy atom. The van der Waals surface area contributed by atoms with Gasteiger partial charge in [0.1, 0.15) is 17.1 Å². The number of rotatable bonds is 7. The van der Waals surface area contributed by atoms with Crippen LogP contribution in [0.4, 0.5) is 10.2 Å². The van der Waals surface area contributed by atoms with Crippen molar-refractivity contribution in [1.29, 1.82) is 0 Å². The Morgan fingerprint density at radius 2 is 1.79 bits per heavy atom. The molecule has 3 saturated heterocycles. The molecule has 2 N–H and O–H groups in total. The van der Waals surface area contributed by atoms with E-state index < -0.39 is 5.82 Å². The lowest BCUT2D eigenvalue weighted by atomic mass is 9.96. The average molecular weight is 591 g/mol. The van der Waals surface area contributed by atoms with Crippen molar-refractivity contribution < 1.29 is 14.2 Å². The first kappa shape index (κ1) is 27.6. The summed E-state index contributed by atoms with van der Waals surface area (Å²) in [5, 5.41) is 16.5. The van der Waals surface area contributed by atoms with Crippen molar-refractivity contribution in [2.45, 2.75) is 31.3 Å². The van der Waals surface area contributed by atoms with Crippen LogP contribution < -0.4 is 15.0 Å². The number of hydrogen-bond acceptors (Lipinski definition) is 8. The lowest BCUT2D eigenvalue weighted by molar-refractivity contribution is 0.144. The van der Waals surface area contributed by atoms with E-state index in [0.717, 1.165) is 75.8 Å². The largest absolute Gasteiger partial charge is 0.508 e. The van der Waals surface area contributed by atoms with Gasteiger partial charge in [0.25, 0.3) is 0 Å². The molecule has 3 fully saturated rings. The first-order chi connectivity index (χ1) is 20.4. The molecule has 1 aromatic heterocycles. The van der Waals surface area contributed by atoms with Gasteiger partial charge < -0.3 is 29.9 Å². The highest BCUT2D eigenvalue weighted by Gasteiger charge is 2.34. The third-order valence-electron chi connectivity index (χ3n) is 8.92. The summed E-state index contributed by atoms with van der Waals surface area (Å²) >= 11 is 6.85. The van der Waals surface area contributed by atoms with Crippen LogP contribution in [0.3, 0.4) is 0 Å². The molecule has 3 aromatic carbocycles. The van der Waals surface area contributed by atoms with E-state index in [4.69, 9.17) is 21.3 Å². The Morgan fingerprint density at radius 3 is 2.57 bits per heavy atom.